The van der Waals surface area contributed by atoms with Gasteiger partial charge in [0.1, 0.15) is 5.01 Å². The monoisotopic (exact) mass is 358 g/mol. The smallest absolute Gasteiger partial charge is 0.286 e. The molecule has 2 amide bonds. The summed E-state index contributed by atoms with van der Waals surface area (Å²) < 4.78 is 0. The number of hydrogen-bond acceptors (Lipinski definition) is 5. The third kappa shape index (κ3) is 4.04. The Morgan fingerprint density at radius 1 is 1.28 bits per heavy atom. The Labute approximate surface area is 151 Å². The van der Waals surface area contributed by atoms with E-state index in [1.807, 2.05) is 43.0 Å². The van der Waals surface area contributed by atoms with Gasteiger partial charge < -0.3 is 10.2 Å². The Morgan fingerprint density at radius 2 is 2.04 bits per heavy atom. The third-order valence-corrected chi connectivity index (χ3v) is 5.29. The number of amides is 2. The Balaban J connectivity index is 1.70. The molecule has 7 heteroatoms. The van der Waals surface area contributed by atoms with Gasteiger partial charge in [0.05, 0.1) is 6.04 Å². The Morgan fingerprint density at radius 3 is 2.76 bits per heavy atom. The van der Waals surface area contributed by atoms with Gasteiger partial charge in [-0.05, 0) is 38.3 Å². The zero-order chi connectivity index (χ0) is 17.8. The molecule has 132 valence electrons. The maximum Gasteiger partial charge on any atom is 0.286 e. The largest absolute Gasteiger partial charge is 0.333 e. The standard InChI is InChI=1S/C18H22N4O2S/c1-3-5-15(23)22-11-4-6-14(22)17-20-21-18(25-17)16(24)19-13-9-7-12(2)8-10-13/h7-10,14H,3-6,11H2,1-2H3,(H,19,24)/t14-/m0/s1. The molecule has 1 aliphatic rings. The molecule has 25 heavy (non-hydrogen) atoms. The normalized spacial score (nSPS) is 16.9. The predicted octanol–water partition coefficient (Wildman–Crippen LogP) is 3.56. The van der Waals surface area contributed by atoms with E-state index in [0.717, 1.165) is 42.1 Å². The van der Waals surface area contributed by atoms with E-state index in [1.54, 1.807) is 0 Å². The second-order valence-corrected chi connectivity index (χ2v) is 7.27. The van der Waals surface area contributed by atoms with E-state index in [-0.39, 0.29) is 17.9 Å². The number of likely N-dealkylation sites (tertiary alicyclic amines) is 1. The lowest BCUT2D eigenvalue weighted by Crippen LogP contribution is -2.30. The minimum absolute atomic E-state index is 0.0440. The second-order valence-electron chi connectivity index (χ2n) is 6.26. The number of benzene rings is 1. The van der Waals surface area contributed by atoms with Crippen LogP contribution in [0.5, 0.6) is 0 Å². The molecule has 1 aromatic carbocycles. The highest BCUT2D eigenvalue weighted by Crippen LogP contribution is 2.34. The van der Waals surface area contributed by atoms with Crippen molar-refractivity contribution >= 4 is 28.8 Å². The number of carbonyl (C=O) groups excluding carboxylic acids is 2. The first-order valence-corrected chi connectivity index (χ1v) is 9.41. The molecule has 2 heterocycles. The van der Waals surface area contributed by atoms with Crippen LogP contribution in [0.4, 0.5) is 5.69 Å². The van der Waals surface area contributed by atoms with Crippen LogP contribution in [-0.4, -0.2) is 33.5 Å². The first-order chi connectivity index (χ1) is 12.1. The van der Waals surface area contributed by atoms with Gasteiger partial charge in [0.25, 0.3) is 5.91 Å². The zero-order valence-electron chi connectivity index (χ0n) is 14.5. The summed E-state index contributed by atoms with van der Waals surface area (Å²) in [6.07, 6.45) is 3.23. The highest BCUT2D eigenvalue weighted by atomic mass is 32.1. The van der Waals surface area contributed by atoms with Crippen LogP contribution in [0.15, 0.2) is 24.3 Å². The molecule has 1 aliphatic heterocycles. The topological polar surface area (TPSA) is 75.2 Å². The molecule has 1 N–H and O–H groups in total. The van der Waals surface area contributed by atoms with Gasteiger partial charge in [-0.1, -0.05) is 36.0 Å². The fourth-order valence-corrected chi connectivity index (χ4v) is 3.85. The molecule has 0 bridgehead atoms. The molecule has 0 aliphatic carbocycles. The van der Waals surface area contributed by atoms with Gasteiger partial charge in [-0.2, -0.15) is 0 Å². The first kappa shape index (κ1) is 17.5. The summed E-state index contributed by atoms with van der Waals surface area (Å²) in [5.74, 6) is -0.108. The van der Waals surface area contributed by atoms with Gasteiger partial charge in [0.2, 0.25) is 10.9 Å². The van der Waals surface area contributed by atoms with E-state index >= 15 is 0 Å². The van der Waals surface area contributed by atoms with Gasteiger partial charge in [0, 0.05) is 18.7 Å². The molecule has 1 saturated heterocycles. The summed E-state index contributed by atoms with van der Waals surface area (Å²) in [5.41, 5.74) is 1.86. The third-order valence-electron chi connectivity index (χ3n) is 4.27. The zero-order valence-corrected chi connectivity index (χ0v) is 15.3. The van der Waals surface area contributed by atoms with Crippen molar-refractivity contribution in [3.05, 3.63) is 39.8 Å². The summed E-state index contributed by atoms with van der Waals surface area (Å²) in [5, 5.41) is 12.1. The quantitative estimate of drug-likeness (QED) is 0.887. The average Bonchev–Trinajstić information content (AvgIpc) is 3.26. The number of aryl methyl sites for hydroxylation is 1. The van der Waals surface area contributed by atoms with Crippen molar-refractivity contribution in [2.75, 3.05) is 11.9 Å². The summed E-state index contributed by atoms with van der Waals surface area (Å²) >= 11 is 1.27. The number of aromatic nitrogens is 2. The summed E-state index contributed by atoms with van der Waals surface area (Å²) in [4.78, 5) is 26.5. The molecule has 3 rings (SSSR count). The van der Waals surface area contributed by atoms with Gasteiger partial charge in [-0.25, -0.2) is 0 Å². The van der Waals surface area contributed by atoms with Gasteiger partial charge in [-0.15, -0.1) is 10.2 Å². The number of nitrogens with zero attached hydrogens (tertiary/aromatic N) is 3. The number of nitrogens with one attached hydrogen (secondary N) is 1. The molecule has 0 radical (unpaired) electrons. The molecule has 0 spiro atoms. The number of hydrogen-bond donors (Lipinski definition) is 1. The second kappa shape index (κ2) is 7.74. The Hall–Kier alpha value is -2.28. The summed E-state index contributed by atoms with van der Waals surface area (Å²) in [6.45, 7) is 4.76. The molecule has 1 fully saturated rings. The number of anilines is 1. The van der Waals surface area contributed by atoms with E-state index in [2.05, 4.69) is 15.5 Å². The van der Waals surface area contributed by atoms with Gasteiger partial charge in [-0.3, -0.25) is 9.59 Å². The molecular formula is C18H22N4O2S. The van der Waals surface area contributed by atoms with Crippen molar-refractivity contribution in [3.8, 4) is 0 Å². The van der Waals surface area contributed by atoms with Crippen LogP contribution in [0, 0.1) is 6.92 Å². The molecule has 6 nitrogen and oxygen atoms in total. The van der Waals surface area contributed by atoms with Crippen molar-refractivity contribution < 1.29 is 9.59 Å². The van der Waals surface area contributed by atoms with Gasteiger partial charge in [0.15, 0.2) is 0 Å². The van der Waals surface area contributed by atoms with E-state index < -0.39 is 0 Å². The van der Waals surface area contributed by atoms with Crippen LogP contribution >= 0.6 is 11.3 Å². The molecule has 0 saturated carbocycles. The maximum absolute atomic E-state index is 12.4. The van der Waals surface area contributed by atoms with Crippen LogP contribution in [0.25, 0.3) is 0 Å². The van der Waals surface area contributed by atoms with Crippen molar-refractivity contribution in [3.63, 3.8) is 0 Å². The first-order valence-electron chi connectivity index (χ1n) is 8.59. The molecule has 2 aromatic rings. The van der Waals surface area contributed by atoms with Crippen molar-refractivity contribution in [1.29, 1.82) is 0 Å². The average molecular weight is 358 g/mol. The van der Waals surface area contributed by atoms with Crippen molar-refractivity contribution in [2.45, 2.75) is 45.6 Å². The molecule has 1 aromatic heterocycles. The van der Waals surface area contributed by atoms with E-state index in [9.17, 15) is 9.59 Å². The van der Waals surface area contributed by atoms with Crippen LogP contribution in [0.3, 0.4) is 0 Å². The molecule has 0 unspecified atom stereocenters. The van der Waals surface area contributed by atoms with Crippen molar-refractivity contribution in [1.82, 2.24) is 15.1 Å². The SMILES string of the molecule is CCCC(=O)N1CCC[C@H]1c1nnc(C(=O)Nc2ccc(C)cc2)s1. The van der Waals surface area contributed by atoms with Gasteiger partial charge >= 0.3 is 0 Å². The lowest BCUT2D eigenvalue weighted by Gasteiger charge is -2.22. The lowest BCUT2D eigenvalue weighted by atomic mass is 10.2. The lowest BCUT2D eigenvalue weighted by molar-refractivity contribution is -0.132. The van der Waals surface area contributed by atoms with Crippen LogP contribution < -0.4 is 5.32 Å². The predicted molar refractivity (Wildman–Crippen MR) is 97.6 cm³/mol. The highest BCUT2D eigenvalue weighted by Gasteiger charge is 2.32. The van der Waals surface area contributed by atoms with Crippen LogP contribution in [-0.2, 0) is 4.79 Å². The minimum atomic E-state index is -0.267. The van der Waals surface area contributed by atoms with E-state index in [4.69, 9.17) is 0 Å². The summed E-state index contributed by atoms with van der Waals surface area (Å²) in [7, 11) is 0. The van der Waals surface area contributed by atoms with E-state index in [1.165, 1.54) is 11.3 Å². The highest BCUT2D eigenvalue weighted by molar-refractivity contribution is 7.13. The maximum atomic E-state index is 12.4. The van der Waals surface area contributed by atoms with Crippen LogP contribution in [0.1, 0.15) is 59.0 Å². The Kier molecular flexibility index (Phi) is 5.43. The number of rotatable bonds is 5. The van der Waals surface area contributed by atoms with Crippen LogP contribution in [0.2, 0.25) is 0 Å². The minimum Gasteiger partial charge on any atom is -0.333 e. The summed E-state index contributed by atoms with van der Waals surface area (Å²) in [6, 6.07) is 7.56. The van der Waals surface area contributed by atoms with E-state index in [0.29, 0.717) is 11.4 Å². The fraction of sp³-hybridized carbons (Fsp3) is 0.444. The molecule has 1 atom stereocenters. The van der Waals surface area contributed by atoms with Crippen molar-refractivity contribution in [2.24, 2.45) is 0 Å². The molecular weight excluding hydrogens is 336 g/mol. The fourth-order valence-electron chi connectivity index (χ4n) is 2.96. The Bertz CT molecular complexity index is 757. The number of carbonyl (C=O) groups is 2.